The Balaban J connectivity index is 1.97. The van der Waals surface area contributed by atoms with Crippen LogP contribution in [0.15, 0.2) is 48.8 Å². The van der Waals surface area contributed by atoms with Crippen LogP contribution in [0.2, 0.25) is 0 Å². The third kappa shape index (κ3) is 2.47. The lowest BCUT2D eigenvalue weighted by Crippen LogP contribution is -2.47. The van der Waals surface area contributed by atoms with Gasteiger partial charge in [0.1, 0.15) is 0 Å². The zero-order valence-electron chi connectivity index (χ0n) is 11.7. The highest BCUT2D eigenvalue weighted by atomic mass is 15.3. The Labute approximate surface area is 119 Å². The first-order valence-corrected chi connectivity index (χ1v) is 6.95. The average molecular weight is 268 g/mol. The fraction of sp³-hybridized carbons (Fsp3) is 0.312. The number of likely N-dealkylation sites (N-methyl/N-ethyl adjacent to an activating group) is 1. The van der Waals surface area contributed by atoms with Gasteiger partial charge in [-0.15, -0.1) is 0 Å². The molecule has 0 bridgehead atoms. The summed E-state index contributed by atoms with van der Waals surface area (Å²) >= 11 is 0. The van der Waals surface area contributed by atoms with Crippen molar-refractivity contribution in [2.75, 3.05) is 37.3 Å². The fourth-order valence-corrected chi connectivity index (χ4v) is 2.83. The van der Waals surface area contributed by atoms with Gasteiger partial charge >= 0.3 is 0 Å². The van der Waals surface area contributed by atoms with Crippen molar-refractivity contribution in [3.8, 4) is 0 Å². The number of nitrogen functional groups attached to an aromatic ring is 1. The number of aromatic nitrogens is 1. The molecule has 4 nitrogen and oxygen atoms in total. The van der Waals surface area contributed by atoms with Crippen molar-refractivity contribution >= 4 is 11.4 Å². The van der Waals surface area contributed by atoms with Crippen molar-refractivity contribution in [3.63, 3.8) is 0 Å². The molecule has 104 valence electrons. The van der Waals surface area contributed by atoms with Gasteiger partial charge in [0.2, 0.25) is 0 Å². The van der Waals surface area contributed by atoms with E-state index < -0.39 is 0 Å². The van der Waals surface area contributed by atoms with E-state index in [9.17, 15) is 0 Å². The lowest BCUT2D eigenvalue weighted by atomic mass is 10.0. The van der Waals surface area contributed by atoms with Gasteiger partial charge in [0.25, 0.3) is 0 Å². The molecular weight excluding hydrogens is 248 g/mol. The quantitative estimate of drug-likeness (QED) is 0.906. The summed E-state index contributed by atoms with van der Waals surface area (Å²) in [5.74, 6) is 0. The number of anilines is 2. The van der Waals surface area contributed by atoms with E-state index in [0.29, 0.717) is 6.04 Å². The molecule has 3 rings (SSSR count). The minimum atomic E-state index is 0.333. The number of hydrogen-bond donors (Lipinski definition) is 1. The number of benzene rings is 1. The maximum absolute atomic E-state index is 6.11. The highest BCUT2D eigenvalue weighted by Crippen LogP contribution is 2.33. The second kappa shape index (κ2) is 5.51. The topological polar surface area (TPSA) is 45.4 Å². The van der Waals surface area contributed by atoms with Gasteiger partial charge in [-0.3, -0.25) is 4.98 Å². The van der Waals surface area contributed by atoms with Gasteiger partial charge in [0, 0.05) is 25.8 Å². The number of rotatable bonds is 2. The highest BCUT2D eigenvalue weighted by molar-refractivity contribution is 5.67. The molecule has 0 aliphatic carbocycles. The first-order chi connectivity index (χ1) is 9.75. The maximum Gasteiger partial charge on any atom is 0.0738 e. The predicted molar refractivity (Wildman–Crippen MR) is 82.7 cm³/mol. The summed E-state index contributed by atoms with van der Waals surface area (Å²) in [6.07, 6.45) is 3.54. The molecule has 2 heterocycles. The Morgan fingerprint density at radius 3 is 2.70 bits per heavy atom. The Kier molecular flexibility index (Phi) is 3.56. The van der Waals surface area contributed by atoms with Crippen LogP contribution in [0.25, 0.3) is 0 Å². The van der Waals surface area contributed by atoms with Crippen LogP contribution in [-0.4, -0.2) is 36.6 Å². The van der Waals surface area contributed by atoms with Crippen LogP contribution in [0.5, 0.6) is 0 Å². The molecule has 2 aromatic rings. The van der Waals surface area contributed by atoms with E-state index in [2.05, 4.69) is 52.2 Å². The molecule has 20 heavy (non-hydrogen) atoms. The monoisotopic (exact) mass is 268 g/mol. The molecule has 1 aliphatic heterocycles. The van der Waals surface area contributed by atoms with E-state index in [-0.39, 0.29) is 0 Å². The number of hydrogen-bond acceptors (Lipinski definition) is 4. The molecule has 4 heteroatoms. The minimum absolute atomic E-state index is 0.333. The molecule has 0 amide bonds. The van der Waals surface area contributed by atoms with Crippen LogP contribution in [-0.2, 0) is 0 Å². The van der Waals surface area contributed by atoms with Gasteiger partial charge in [0.15, 0.2) is 0 Å². The third-order valence-electron chi connectivity index (χ3n) is 3.91. The molecule has 1 saturated heterocycles. The molecule has 0 radical (unpaired) electrons. The summed E-state index contributed by atoms with van der Waals surface area (Å²) in [5.41, 5.74) is 9.27. The summed E-state index contributed by atoms with van der Waals surface area (Å²) in [5, 5.41) is 0. The van der Waals surface area contributed by atoms with E-state index in [4.69, 9.17) is 5.73 Å². The van der Waals surface area contributed by atoms with E-state index in [0.717, 1.165) is 31.0 Å². The smallest absolute Gasteiger partial charge is 0.0738 e. The lowest BCUT2D eigenvalue weighted by molar-refractivity contribution is 0.269. The summed E-state index contributed by atoms with van der Waals surface area (Å²) in [6.45, 7) is 3.03. The summed E-state index contributed by atoms with van der Waals surface area (Å²) < 4.78 is 0. The molecule has 1 atom stereocenters. The van der Waals surface area contributed by atoms with E-state index >= 15 is 0 Å². The van der Waals surface area contributed by atoms with Crippen LogP contribution in [0.3, 0.4) is 0 Å². The zero-order chi connectivity index (χ0) is 13.9. The number of piperazine rings is 1. The number of nitrogens with two attached hydrogens (primary N) is 1. The Hall–Kier alpha value is -2.07. The van der Waals surface area contributed by atoms with Gasteiger partial charge in [-0.1, -0.05) is 30.3 Å². The molecule has 1 aromatic carbocycles. The highest BCUT2D eigenvalue weighted by Gasteiger charge is 2.27. The van der Waals surface area contributed by atoms with Crippen molar-refractivity contribution in [2.45, 2.75) is 6.04 Å². The second-order valence-electron chi connectivity index (χ2n) is 5.32. The predicted octanol–water partition coefficient (Wildman–Crippen LogP) is 2.16. The van der Waals surface area contributed by atoms with Crippen molar-refractivity contribution in [1.82, 2.24) is 9.88 Å². The first-order valence-electron chi connectivity index (χ1n) is 6.95. The van der Waals surface area contributed by atoms with Gasteiger partial charge in [-0.05, 0) is 18.7 Å². The van der Waals surface area contributed by atoms with Gasteiger partial charge in [0.05, 0.1) is 23.6 Å². The lowest BCUT2D eigenvalue weighted by Gasteiger charge is -2.42. The van der Waals surface area contributed by atoms with Crippen molar-refractivity contribution in [3.05, 3.63) is 54.4 Å². The van der Waals surface area contributed by atoms with Crippen LogP contribution in [0, 0.1) is 0 Å². The summed E-state index contributed by atoms with van der Waals surface area (Å²) in [6, 6.07) is 13.0. The van der Waals surface area contributed by atoms with Gasteiger partial charge in [-0.2, -0.15) is 0 Å². The maximum atomic E-state index is 6.11. The number of nitrogens with zero attached hydrogens (tertiary/aromatic N) is 3. The minimum Gasteiger partial charge on any atom is -0.396 e. The second-order valence-corrected chi connectivity index (χ2v) is 5.32. The Bertz CT molecular complexity index is 570. The summed E-state index contributed by atoms with van der Waals surface area (Å²) in [4.78, 5) is 8.85. The standard InChI is InChI=1S/C16H20N4/c1-19-9-10-20(15-7-8-18-11-14(15)17)16(12-19)13-5-3-2-4-6-13/h2-8,11,16H,9-10,12,17H2,1H3. The number of pyridine rings is 1. The summed E-state index contributed by atoms with van der Waals surface area (Å²) in [7, 11) is 2.17. The molecule has 1 aliphatic rings. The molecule has 0 saturated carbocycles. The molecule has 2 N–H and O–H groups in total. The Morgan fingerprint density at radius 1 is 1.15 bits per heavy atom. The molecule has 1 unspecified atom stereocenters. The van der Waals surface area contributed by atoms with E-state index in [1.807, 2.05) is 12.3 Å². The fourth-order valence-electron chi connectivity index (χ4n) is 2.83. The van der Waals surface area contributed by atoms with Crippen LogP contribution >= 0.6 is 0 Å². The zero-order valence-corrected chi connectivity index (χ0v) is 11.7. The molecule has 1 fully saturated rings. The normalized spacial score (nSPS) is 20.1. The van der Waals surface area contributed by atoms with Crippen LogP contribution < -0.4 is 10.6 Å². The van der Waals surface area contributed by atoms with Crippen LogP contribution in [0.4, 0.5) is 11.4 Å². The van der Waals surface area contributed by atoms with Crippen molar-refractivity contribution in [1.29, 1.82) is 0 Å². The van der Waals surface area contributed by atoms with E-state index in [1.165, 1.54) is 5.56 Å². The van der Waals surface area contributed by atoms with Gasteiger partial charge in [-0.25, -0.2) is 0 Å². The average Bonchev–Trinajstić information content (AvgIpc) is 2.49. The van der Waals surface area contributed by atoms with Gasteiger partial charge < -0.3 is 15.5 Å². The molecular formula is C16H20N4. The largest absolute Gasteiger partial charge is 0.396 e. The Morgan fingerprint density at radius 2 is 1.95 bits per heavy atom. The molecule has 0 spiro atoms. The van der Waals surface area contributed by atoms with Crippen LogP contribution in [0.1, 0.15) is 11.6 Å². The van der Waals surface area contributed by atoms with Crippen molar-refractivity contribution in [2.24, 2.45) is 0 Å². The first kappa shape index (κ1) is 12.9. The molecule has 1 aromatic heterocycles. The SMILES string of the molecule is CN1CCN(c2ccncc2N)C(c2ccccc2)C1. The van der Waals surface area contributed by atoms with Crippen molar-refractivity contribution < 1.29 is 0 Å². The van der Waals surface area contributed by atoms with E-state index in [1.54, 1.807) is 6.20 Å². The third-order valence-corrected chi connectivity index (χ3v) is 3.91.